The molecule has 1 atom stereocenters. The SMILES string of the molecule is COCCN1C[C@@H](C(=O)NCCc2ccccc2)CC1=O. The van der Waals surface area contributed by atoms with Crippen LogP contribution in [-0.2, 0) is 20.7 Å². The van der Waals surface area contributed by atoms with Crippen LogP contribution in [0.25, 0.3) is 0 Å². The van der Waals surface area contributed by atoms with Crippen molar-refractivity contribution >= 4 is 11.8 Å². The molecule has 1 heterocycles. The molecule has 1 N–H and O–H groups in total. The van der Waals surface area contributed by atoms with Crippen molar-refractivity contribution < 1.29 is 14.3 Å². The number of hydrogen-bond acceptors (Lipinski definition) is 3. The highest BCUT2D eigenvalue weighted by Gasteiger charge is 2.33. The largest absolute Gasteiger partial charge is 0.383 e. The Morgan fingerprint density at radius 1 is 1.38 bits per heavy atom. The Bertz CT molecular complexity index is 476. The molecule has 2 amide bonds. The summed E-state index contributed by atoms with van der Waals surface area (Å²) >= 11 is 0. The van der Waals surface area contributed by atoms with Crippen LogP contribution in [0.2, 0.25) is 0 Å². The first-order valence-electron chi connectivity index (χ1n) is 7.29. The minimum absolute atomic E-state index is 0.0285. The Hall–Kier alpha value is -1.88. The van der Waals surface area contributed by atoms with Crippen molar-refractivity contribution in [1.82, 2.24) is 10.2 Å². The maximum atomic E-state index is 12.1. The van der Waals surface area contributed by atoms with Crippen LogP contribution in [0.15, 0.2) is 30.3 Å². The van der Waals surface area contributed by atoms with Gasteiger partial charge in [-0.05, 0) is 12.0 Å². The van der Waals surface area contributed by atoms with Crippen LogP contribution in [0.1, 0.15) is 12.0 Å². The van der Waals surface area contributed by atoms with E-state index in [2.05, 4.69) is 5.32 Å². The Kier molecular flexibility index (Phi) is 5.75. The van der Waals surface area contributed by atoms with Crippen LogP contribution >= 0.6 is 0 Å². The third-order valence-electron chi connectivity index (χ3n) is 3.71. The molecule has 0 spiro atoms. The molecule has 0 bridgehead atoms. The van der Waals surface area contributed by atoms with Crippen molar-refractivity contribution in [3.63, 3.8) is 0 Å². The first-order chi connectivity index (χ1) is 10.2. The summed E-state index contributed by atoms with van der Waals surface area (Å²) in [5.41, 5.74) is 1.20. The predicted molar refractivity (Wildman–Crippen MR) is 79.7 cm³/mol. The molecular formula is C16H22N2O3. The Morgan fingerprint density at radius 3 is 2.86 bits per heavy atom. The number of nitrogens with one attached hydrogen (secondary N) is 1. The van der Waals surface area contributed by atoms with Gasteiger partial charge in [-0.25, -0.2) is 0 Å². The van der Waals surface area contributed by atoms with E-state index < -0.39 is 0 Å². The molecule has 0 aromatic heterocycles. The minimum Gasteiger partial charge on any atom is -0.383 e. The van der Waals surface area contributed by atoms with Crippen molar-refractivity contribution in [2.45, 2.75) is 12.8 Å². The van der Waals surface area contributed by atoms with Gasteiger partial charge < -0.3 is 15.0 Å². The van der Waals surface area contributed by atoms with Crippen LogP contribution < -0.4 is 5.32 Å². The average Bonchev–Trinajstić information content (AvgIpc) is 2.87. The summed E-state index contributed by atoms with van der Waals surface area (Å²) in [5.74, 6) is -0.223. The first kappa shape index (κ1) is 15.5. The maximum absolute atomic E-state index is 12.1. The van der Waals surface area contributed by atoms with Gasteiger partial charge in [0.15, 0.2) is 0 Å². The van der Waals surface area contributed by atoms with Gasteiger partial charge in [0, 0.05) is 33.2 Å². The standard InChI is InChI=1S/C16H22N2O3/c1-21-10-9-18-12-14(11-15(18)19)16(20)17-8-7-13-5-3-2-4-6-13/h2-6,14H,7-12H2,1H3,(H,17,20)/t14-/m0/s1. The minimum atomic E-state index is -0.231. The van der Waals surface area contributed by atoms with E-state index in [0.717, 1.165) is 6.42 Å². The van der Waals surface area contributed by atoms with Gasteiger partial charge in [-0.3, -0.25) is 9.59 Å². The first-order valence-corrected chi connectivity index (χ1v) is 7.29. The highest BCUT2D eigenvalue weighted by atomic mass is 16.5. The number of benzene rings is 1. The summed E-state index contributed by atoms with van der Waals surface area (Å²) in [5, 5.41) is 2.92. The van der Waals surface area contributed by atoms with E-state index in [1.165, 1.54) is 5.56 Å². The zero-order valence-electron chi connectivity index (χ0n) is 12.4. The molecular weight excluding hydrogens is 268 g/mol. The summed E-state index contributed by atoms with van der Waals surface area (Å²) in [6, 6.07) is 10.0. The fourth-order valence-electron chi connectivity index (χ4n) is 2.48. The Morgan fingerprint density at radius 2 is 2.14 bits per heavy atom. The molecule has 0 unspecified atom stereocenters. The van der Waals surface area contributed by atoms with Gasteiger partial charge in [0.2, 0.25) is 11.8 Å². The van der Waals surface area contributed by atoms with Crippen LogP contribution in [-0.4, -0.2) is 50.1 Å². The lowest BCUT2D eigenvalue weighted by molar-refractivity contribution is -0.129. The van der Waals surface area contributed by atoms with Gasteiger partial charge >= 0.3 is 0 Å². The van der Waals surface area contributed by atoms with Crippen LogP contribution in [0, 0.1) is 5.92 Å². The van der Waals surface area contributed by atoms with Crippen molar-refractivity contribution in [1.29, 1.82) is 0 Å². The lowest BCUT2D eigenvalue weighted by Gasteiger charge is -2.15. The topological polar surface area (TPSA) is 58.6 Å². The van der Waals surface area contributed by atoms with Crippen LogP contribution in [0.3, 0.4) is 0 Å². The van der Waals surface area contributed by atoms with E-state index in [4.69, 9.17) is 4.74 Å². The van der Waals surface area contributed by atoms with Crippen molar-refractivity contribution in [2.24, 2.45) is 5.92 Å². The predicted octanol–water partition coefficient (Wildman–Crippen LogP) is 0.840. The molecule has 1 saturated heterocycles. The summed E-state index contributed by atoms with van der Waals surface area (Å²) in [6.45, 7) is 2.17. The summed E-state index contributed by atoms with van der Waals surface area (Å²) < 4.78 is 4.97. The molecule has 0 saturated carbocycles. The molecule has 2 rings (SSSR count). The molecule has 0 aliphatic carbocycles. The zero-order valence-corrected chi connectivity index (χ0v) is 12.4. The number of hydrogen-bond donors (Lipinski definition) is 1. The summed E-state index contributed by atoms with van der Waals surface area (Å²) in [4.78, 5) is 25.6. The molecule has 1 aliphatic heterocycles. The zero-order chi connectivity index (χ0) is 15.1. The second-order valence-corrected chi connectivity index (χ2v) is 5.26. The monoisotopic (exact) mass is 290 g/mol. The molecule has 114 valence electrons. The number of ether oxygens (including phenoxy) is 1. The van der Waals surface area contributed by atoms with E-state index in [9.17, 15) is 9.59 Å². The van der Waals surface area contributed by atoms with E-state index in [1.54, 1.807) is 12.0 Å². The van der Waals surface area contributed by atoms with E-state index in [1.807, 2.05) is 30.3 Å². The van der Waals surface area contributed by atoms with Crippen molar-refractivity contribution in [2.75, 3.05) is 33.4 Å². The molecule has 1 aromatic carbocycles. The highest BCUT2D eigenvalue weighted by Crippen LogP contribution is 2.17. The van der Waals surface area contributed by atoms with Gasteiger partial charge in [-0.2, -0.15) is 0 Å². The number of nitrogens with zero attached hydrogens (tertiary/aromatic N) is 1. The van der Waals surface area contributed by atoms with Crippen molar-refractivity contribution in [3.8, 4) is 0 Å². The van der Waals surface area contributed by atoms with E-state index in [-0.39, 0.29) is 17.7 Å². The molecule has 1 aliphatic rings. The molecule has 5 nitrogen and oxygen atoms in total. The van der Waals surface area contributed by atoms with Crippen LogP contribution in [0.4, 0.5) is 0 Å². The number of carbonyl (C=O) groups excluding carboxylic acids is 2. The number of carbonyl (C=O) groups is 2. The summed E-state index contributed by atoms with van der Waals surface area (Å²) in [6.07, 6.45) is 1.11. The van der Waals surface area contributed by atoms with Crippen LogP contribution in [0.5, 0.6) is 0 Å². The highest BCUT2D eigenvalue weighted by molar-refractivity contribution is 5.89. The third kappa shape index (κ3) is 4.56. The molecule has 1 fully saturated rings. The summed E-state index contributed by atoms with van der Waals surface area (Å²) in [7, 11) is 1.61. The van der Waals surface area contributed by atoms with Gasteiger partial charge in [0.1, 0.15) is 0 Å². The molecule has 5 heteroatoms. The van der Waals surface area contributed by atoms with E-state index >= 15 is 0 Å². The number of amides is 2. The normalized spacial score (nSPS) is 18.0. The molecule has 0 radical (unpaired) electrons. The second-order valence-electron chi connectivity index (χ2n) is 5.26. The third-order valence-corrected chi connectivity index (χ3v) is 3.71. The number of methoxy groups -OCH3 is 1. The number of likely N-dealkylation sites (tertiary alicyclic amines) is 1. The Labute approximate surface area is 125 Å². The van der Waals surface area contributed by atoms with Gasteiger partial charge in [0.25, 0.3) is 0 Å². The molecule has 1 aromatic rings. The fraction of sp³-hybridized carbons (Fsp3) is 0.500. The smallest absolute Gasteiger partial charge is 0.225 e. The fourth-order valence-corrected chi connectivity index (χ4v) is 2.48. The average molecular weight is 290 g/mol. The quantitative estimate of drug-likeness (QED) is 0.809. The Balaban J connectivity index is 1.73. The maximum Gasteiger partial charge on any atom is 0.225 e. The number of rotatable bonds is 7. The lowest BCUT2D eigenvalue weighted by Crippen LogP contribution is -2.34. The second kappa shape index (κ2) is 7.78. The van der Waals surface area contributed by atoms with Gasteiger partial charge in [0.05, 0.1) is 12.5 Å². The van der Waals surface area contributed by atoms with E-state index in [0.29, 0.717) is 32.7 Å². The lowest BCUT2D eigenvalue weighted by atomic mass is 10.1. The van der Waals surface area contributed by atoms with Gasteiger partial charge in [-0.1, -0.05) is 30.3 Å². The van der Waals surface area contributed by atoms with Crippen molar-refractivity contribution in [3.05, 3.63) is 35.9 Å². The van der Waals surface area contributed by atoms with Gasteiger partial charge in [-0.15, -0.1) is 0 Å². The molecule has 21 heavy (non-hydrogen) atoms.